The Hall–Kier alpha value is -2.45. The summed E-state index contributed by atoms with van der Waals surface area (Å²) < 4.78 is 24.2. The van der Waals surface area contributed by atoms with Gasteiger partial charge < -0.3 is 10.2 Å². The average molecular weight is 490 g/mol. The Morgan fingerprint density at radius 1 is 1.09 bits per heavy atom. The maximum absolute atomic E-state index is 12.8. The first-order valence-electron chi connectivity index (χ1n) is 11.2. The third-order valence-corrected chi connectivity index (χ3v) is 7.56. The first-order valence-corrected chi connectivity index (χ1v) is 13.5. The molecule has 176 valence electrons. The molecular formula is C24H28ClN3O4S. The highest BCUT2D eigenvalue weighted by Crippen LogP contribution is 2.35. The zero-order valence-corrected chi connectivity index (χ0v) is 20.2. The molecule has 7 nitrogen and oxygen atoms in total. The number of carbonyl (C=O) groups excluding carboxylic acids is 2. The van der Waals surface area contributed by atoms with Crippen LogP contribution in [0.25, 0.3) is 0 Å². The van der Waals surface area contributed by atoms with Gasteiger partial charge >= 0.3 is 0 Å². The van der Waals surface area contributed by atoms with Gasteiger partial charge in [0.05, 0.1) is 10.6 Å². The van der Waals surface area contributed by atoms with Gasteiger partial charge in [0.1, 0.15) is 5.78 Å². The summed E-state index contributed by atoms with van der Waals surface area (Å²) in [5.74, 6) is 1.46. The molecule has 0 spiro atoms. The predicted molar refractivity (Wildman–Crippen MR) is 129 cm³/mol. The lowest BCUT2D eigenvalue weighted by Crippen LogP contribution is -2.35. The second-order valence-electron chi connectivity index (χ2n) is 9.10. The van der Waals surface area contributed by atoms with Gasteiger partial charge in [0.2, 0.25) is 0 Å². The number of aromatic nitrogens is 1. The van der Waals surface area contributed by atoms with Crippen LogP contribution in [0.15, 0.2) is 41.4 Å². The Morgan fingerprint density at radius 3 is 2.36 bits per heavy atom. The van der Waals surface area contributed by atoms with E-state index in [9.17, 15) is 18.0 Å². The Balaban J connectivity index is 1.50. The minimum Gasteiger partial charge on any atom is -0.355 e. The number of ketones is 1. The second-order valence-corrected chi connectivity index (χ2v) is 11.6. The van der Waals surface area contributed by atoms with E-state index >= 15 is 0 Å². The Bertz CT molecular complexity index is 1160. The molecule has 2 aromatic rings. The SMILES string of the molecule is CS(=O)(=O)c1cnc(N2CCC(CC(=O)CC3CC3)CC2)c(NC(=O)c2cccc(Cl)c2)c1. The summed E-state index contributed by atoms with van der Waals surface area (Å²) in [6.07, 6.45) is 7.85. The molecule has 33 heavy (non-hydrogen) atoms. The largest absolute Gasteiger partial charge is 0.355 e. The van der Waals surface area contributed by atoms with Crippen molar-refractivity contribution in [1.29, 1.82) is 0 Å². The molecule has 1 aromatic carbocycles. The molecule has 1 aromatic heterocycles. The second kappa shape index (κ2) is 9.81. The van der Waals surface area contributed by atoms with Gasteiger partial charge in [-0.1, -0.05) is 17.7 Å². The molecule has 2 fully saturated rings. The molecule has 0 radical (unpaired) electrons. The maximum atomic E-state index is 12.8. The number of benzene rings is 1. The molecule has 1 aliphatic heterocycles. The number of Topliss-reactive ketones (excluding diaryl/α,β-unsaturated/α-hetero) is 1. The lowest BCUT2D eigenvalue weighted by atomic mass is 9.90. The van der Waals surface area contributed by atoms with Crippen molar-refractivity contribution in [2.45, 2.75) is 43.4 Å². The van der Waals surface area contributed by atoms with E-state index in [1.54, 1.807) is 24.3 Å². The van der Waals surface area contributed by atoms with E-state index in [-0.39, 0.29) is 4.90 Å². The van der Waals surface area contributed by atoms with Crippen molar-refractivity contribution >= 4 is 44.6 Å². The molecular weight excluding hydrogens is 462 g/mol. The molecule has 0 bridgehead atoms. The van der Waals surface area contributed by atoms with Crippen LogP contribution < -0.4 is 10.2 Å². The monoisotopic (exact) mass is 489 g/mol. The third-order valence-electron chi connectivity index (χ3n) is 6.25. The van der Waals surface area contributed by atoms with Gasteiger partial charge in [0.25, 0.3) is 5.91 Å². The summed E-state index contributed by atoms with van der Waals surface area (Å²) in [5.41, 5.74) is 0.706. The van der Waals surface area contributed by atoms with E-state index in [0.717, 1.165) is 19.1 Å². The van der Waals surface area contributed by atoms with Crippen LogP contribution in [0, 0.1) is 11.8 Å². The average Bonchev–Trinajstić information content (AvgIpc) is 3.57. The number of carbonyl (C=O) groups is 2. The molecule has 1 saturated heterocycles. The highest BCUT2D eigenvalue weighted by molar-refractivity contribution is 7.90. The maximum Gasteiger partial charge on any atom is 0.255 e. The number of piperidine rings is 1. The number of rotatable bonds is 8. The van der Waals surface area contributed by atoms with Gasteiger partial charge in [-0.3, -0.25) is 9.59 Å². The number of sulfone groups is 1. The van der Waals surface area contributed by atoms with Gasteiger partial charge in [-0.05, 0) is 61.8 Å². The number of nitrogens with one attached hydrogen (secondary N) is 1. The fourth-order valence-electron chi connectivity index (χ4n) is 4.21. The first kappa shape index (κ1) is 23.7. The zero-order valence-electron chi connectivity index (χ0n) is 18.6. The standard InChI is InChI=1S/C24H28ClN3O4S/c1-33(31,32)21-14-22(27-24(30)18-3-2-4-19(25)13-18)23(26-15-21)28-9-7-17(8-10-28)12-20(29)11-16-5-6-16/h2-4,13-17H,5-12H2,1H3,(H,27,30). The molecule has 0 unspecified atom stereocenters. The smallest absolute Gasteiger partial charge is 0.255 e. The number of amides is 1. The summed E-state index contributed by atoms with van der Waals surface area (Å²) in [6, 6.07) is 7.99. The van der Waals surface area contributed by atoms with Crippen molar-refractivity contribution in [3.8, 4) is 0 Å². The van der Waals surface area contributed by atoms with E-state index in [0.29, 0.717) is 65.6 Å². The summed E-state index contributed by atoms with van der Waals surface area (Å²) in [5, 5.41) is 3.25. The van der Waals surface area contributed by atoms with E-state index in [1.807, 2.05) is 4.90 Å². The van der Waals surface area contributed by atoms with Gasteiger partial charge in [-0.2, -0.15) is 0 Å². The van der Waals surface area contributed by atoms with E-state index < -0.39 is 15.7 Å². The van der Waals surface area contributed by atoms with Gasteiger partial charge in [0, 0.05) is 49.0 Å². The molecule has 1 saturated carbocycles. The van der Waals surface area contributed by atoms with Crippen molar-refractivity contribution in [2.75, 3.05) is 29.6 Å². The fraction of sp³-hybridized carbons (Fsp3) is 0.458. The molecule has 2 aliphatic rings. The van der Waals surface area contributed by atoms with Gasteiger partial charge in [-0.25, -0.2) is 13.4 Å². The van der Waals surface area contributed by atoms with Crippen molar-refractivity contribution in [3.63, 3.8) is 0 Å². The number of hydrogen-bond acceptors (Lipinski definition) is 6. The normalized spacial score (nSPS) is 17.1. The minimum absolute atomic E-state index is 0.0354. The third kappa shape index (κ3) is 6.32. The van der Waals surface area contributed by atoms with Gasteiger partial charge in [0.15, 0.2) is 15.7 Å². The molecule has 0 atom stereocenters. The van der Waals surface area contributed by atoms with Crippen LogP contribution >= 0.6 is 11.6 Å². The quantitative estimate of drug-likeness (QED) is 0.591. The summed E-state index contributed by atoms with van der Waals surface area (Å²) >= 11 is 6.01. The molecule has 2 heterocycles. The number of anilines is 2. The number of pyridine rings is 1. The number of hydrogen-bond donors (Lipinski definition) is 1. The molecule has 9 heteroatoms. The lowest BCUT2D eigenvalue weighted by Gasteiger charge is -2.33. The van der Waals surface area contributed by atoms with E-state index in [1.165, 1.54) is 25.1 Å². The predicted octanol–water partition coefficient (Wildman–Crippen LogP) is 4.37. The summed E-state index contributed by atoms with van der Waals surface area (Å²) in [6.45, 7) is 1.37. The highest BCUT2D eigenvalue weighted by Gasteiger charge is 2.28. The van der Waals surface area contributed by atoms with Crippen LogP contribution in [0.1, 0.15) is 48.9 Å². The van der Waals surface area contributed by atoms with Crippen LogP contribution in [0.5, 0.6) is 0 Å². The molecule has 1 N–H and O–H groups in total. The van der Waals surface area contributed by atoms with Crippen LogP contribution in [0.4, 0.5) is 11.5 Å². The fourth-order valence-corrected chi connectivity index (χ4v) is 4.97. The van der Waals surface area contributed by atoms with Crippen LogP contribution in [0.2, 0.25) is 5.02 Å². The van der Waals surface area contributed by atoms with Crippen LogP contribution in [-0.2, 0) is 14.6 Å². The zero-order chi connectivity index (χ0) is 23.6. The molecule has 1 aliphatic carbocycles. The van der Waals surface area contributed by atoms with Crippen molar-refractivity contribution in [2.24, 2.45) is 11.8 Å². The van der Waals surface area contributed by atoms with E-state index in [4.69, 9.17) is 11.6 Å². The Morgan fingerprint density at radius 2 is 1.76 bits per heavy atom. The van der Waals surface area contributed by atoms with E-state index in [2.05, 4.69) is 10.3 Å². The number of nitrogens with zero attached hydrogens (tertiary/aromatic N) is 2. The van der Waals surface area contributed by atoms with Crippen molar-refractivity contribution in [1.82, 2.24) is 4.98 Å². The highest BCUT2D eigenvalue weighted by atomic mass is 35.5. The topological polar surface area (TPSA) is 96.4 Å². The summed E-state index contributed by atoms with van der Waals surface area (Å²) in [7, 11) is -3.50. The number of halogens is 1. The van der Waals surface area contributed by atoms with Crippen LogP contribution in [0.3, 0.4) is 0 Å². The van der Waals surface area contributed by atoms with Crippen molar-refractivity contribution in [3.05, 3.63) is 47.1 Å². The first-order chi connectivity index (χ1) is 15.7. The summed E-state index contributed by atoms with van der Waals surface area (Å²) in [4.78, 5) is 31.5. The minimum atomic E-state index is -3.50. The Labute approximate surface area is 199 Å². The molecule has 1 amide bonds. The Kier molecular flexibility index (Phi) is 7.05. The van der Waals surface area contributed by atoms with Crippen LogP contribution in [-0.4, -0.2) is 44.4 Å². The van der Waals surface area contributed by atoms with Crippen molar-refractivity contribution < 1.29 is 18.0 Å². The van der Waals surface area contributed by atoms with Gasteiger partial charge in [-0.15, -0.1) is 0 Å². The lowest BCUT2D eigenvalue weighted by molar-refractivity contribution is -0.120. The molecule has 4 rings (SSSR count).